The lowest BCUT2D eigenvalue weighted by atomic mass is 9.55. The fraction of sp³-hybridized carbons (Fsp3) is 0.388. The first-order valence-corrected chi connectivity index (χ1v) is 22.1. The predicted molar refractivity (Wildman–Crippen MR) is 241 cm³/mol. The largest absolute Gasteiger partial charge is 0.459 e. The third kappa shape index (κ3) is 10.4. The van der Waals surface area contributed by atoms with Crippen LogP contribution in [0.2, 0.25) is 0 Å². The van der Waals surface area contributed by atoms with Crippen molar-refractivity contribution in [2.24, 2.45) is 22.9 Å². The van der Waals surface area contributed by atoms with Crippen LogP contribution in [0.1, 0.15) is 68.9 Å². The van der Waals surface area contributed by atoms with Crippen molar-refractivity contribution in [2.45, 2.75) is 76.2 Å². The number of nitro benzene ring substituents is 2. The van der Waals surface area contributed by atoms with Gasteiger partial charge < -0.3 is 34.0 Å². The molecule has 0 spiro atoms. The maximum atomic E-state index is 14.9. The Bertz CT molecular complexity index is 2430. The lowest BCUT2D eigenvalue weighted by molar-refractivity contribution is -0.385. The van der Waals surface area contributed by atoms with E-state index < -0.39 is 45.4 Å². The standard InChI is InChI=1S/C49H53FN4O12/c1-3-26-62-49-45(52(31-32-14-16-34(50)17-15-32)48(57)65-37-20-18-35(19-21-37)53(58)59)30-43(51-63-4-2)41-27-33(10-5-7-24-55)40(13-6-8-25-56)46(47(41)49)42-29-39(22-23-44(42)66-49)64-38-12-9-11-36(28-38)54(60)61/h3,9,11-12,14-23,27-29,33,40,45-47,55-56H,1,4-8,10,13,24-26,30-31H2,2H3. The second-order valence-electron chi connectivity index (χ2n) is 16.4. The monoisotopic (exact) mass is 908 g/mol. The smallest absolute Gasteiger partial charge is 0.416 e. The Balaban J connectivity index is 1.45. The van der Waals surface area contributed by atoms with Crippen molar-refractivity contribution >= 4 is 23.2 Å². The number of ether oxygens (including phenoxy) is 4. The van der Waals surface area contributed by atoms with Crippen molar-refractivity contribution in [1.29, 1.82) is 0 Å². The summed E-state index contributed by atoms with van der Waals surface area (Å²) < 4.78 is 40.9. The van der Waals surface area contributed by atoms with Crippen LogP contribution in [-0.2, 0) is 16.1 Å². The van der Waals surface area contributed by atoms with E-state index in [9.17, 15) is 39.6 Å². The highest BCUT2D eigenvalue weighted by Gasteiger charge is 2.65. The fourth-order valence-electron chi connectivity index (χ4n) is 9.53. The van der Waals surface area contributed by atoms with Gasteiger partial charge in [0, 0.05) is 55.9 Å². The van der Waals surface area contributed by atoms with Crippen LogP contribution in [0.25, 0.3) is 0 Å². The number of amides is 1. The van der Waals surface area contributed by atoms with Gasteiger partial charge in [0.05, 0.1) is 34.1 Å². The number of aliphatic hydroxyl groups excluding tert-OH is 2. The maximum absolute atomic E-state index is 14.9. The molecular weight excluding hydrogens is 856 g/mol. The molecule has 0 aromatic heterocycles. The molecule has 0 radical (unpaired) electrons. The summed E-state index contributed by atoms with van der Waals surface area (Å²) in [5.41, 5.74) is 2.27. The van der Waals surface area contributed by atoms with Crippen LogP contribution in [0.4, 0.5) is 20.6 Å². The number of nitro groups is 2. The Morgan fingerprint density at radius 3 is 2.30 bits per heavy atom. The first-order valence-electron chi connectivity index (χ1n) is 22.1. The molecule has 2 aliphatic carbocycles. The van der Waals surface area contributed by atoms with Crippen LogP contribution in [0.15, 0.2) is 120 Å². The summed E-state index contributed by atoms with van der Waals surface area (Å²) in [6, 6.07) is 20.9. The van der Waals surface area contributed by atoms with Gasteiger partial charge in [-0.2, -0.15) is 0 Å². The number of halogens is 1. The van der Waals surface area contributed by atoms with Gasteiger partial charge in [0.2, 0.25) is 5.79 Å². The first-order chi connectivity index (χ1) is 32.0. The molecule has 16 nitrogen and oxygen atoms in total. The van der Waals surface area contributed by atoms with E-state index in [-0.39, 0.29) is 74.1 Å². The highest BCUT2D eigenvalue weighted by Crippen LogP contribution is 2.62. The van der Waals surface area contributed by atoms with Crippen molar-refractivity contribution in [3.8, 4) is 23.0 Å². The summed E-state index contributed by atoms with van der Waals surface area (Å²) in [7, 11) is 0. The summed E-state index contributed by atoms with van der Waals surface area (Å²) in [5, 5.41) is 47.7. The number of unbranched alkanes of at least 4 members (excludes halogenated alkanes) is 2. The molecule has 17 heteroatoms. The van der Waals surface area contributed by atoms with Crippen LogP contribution in [0.3, 0.4) is 0 Å². The van der Waals surface area contributed by atoms with E-state index in [2.05, 4.69) is 12.7 Å². The molecule has 66 heavy (non-hydrogen) atoms. The molecule has 1 fully saturated rings. The van der Waals surface area contributed by atoms with E-state index in [1.165, 1.54) is 53.4 Å². The van der Waals surface area contributed by atoms with Crippen LogP contribution >= 0.6 is 0 Å². The summed E-state index contributed by atoms with van der Waals surface area (Å²) in [5.74, 6) is -2.40. The zero-order chi connectivity index (χ0) is 46.8. The first kappa shape index (κ1) is 47.3. The van der Waals surface area contributed by atoms with Gasteiger partial charge in [-0.1, -0.05) is 48.3 Å². The second kappa shape index (κ2) is 21.5. The summed E-state index contributed by atoms with van der Waals surface area (Å²) in [4.78, 5) is 44.3. The Kier molecular flexibility index (Phi) is 15.4. The van der Waals surface area contributed by atoms with Gasteiger partial charge in [0.1, 0.15) is 41.5 Å². The molecular formula is C49H53FN4O12. The lowest BCUT2D eigenvalue weighted by Crippen LogP contribution is -2.70. The molecule has 348 valence electrons. The van der Waals surface area contributed by atoms with E-state index in [0.717, 1.165) is 17.6 Å². The lowest BCUT2D eigenvalue weighted by Gasteiger charge is -2.59. The molecule has 6 unspecified atom stereocenters. The van der Waals surface area contributed by atoms with E-state index in [1.54, 1.807) is 49.4 Å². The molecule has 1 amide bonds. The number of hydrogen-bond donors (Lipinski definition) is 2. The van der Waals surface area contributed by atoms with Gasteiger partial charge in [0.15, 0.2) is 0 Å². The molecule has 7 rings (SSSR count). The number of oxime groups is 1. The predicted octanol–water partition coefficient (Wildman–Crippen LogP) is 9.79. The van der Waals surface area contributed by atoms with Gasteiger partial charge in [-0.25, -0.2) is 9.18 Å². The zero-order valence-electron chi connectivity index (χ0n) is 36.5. The van der Waals surface area contributed by atoms with E-state index in [1.807, 2.05) is 6.07 Å². The van der Waals surface area contributed by atoms with Crippen LogP contribution < -0.4 is 14.2 Å². The topological polar surface area (TPSA) is 206 Å². The average molecular weight is 909 g/mol. The number of hydrogen-bond acceptors (Lipinski definition) is 13. The molecule has 1 aliphatic heterocycles. The van der Waals surface area contributed by atoms with Crippen LogP contribution in [-0.4, -0.2) is 75.0 Å². The SMILES string of the molecule is C=CCOC12Oc3ccc(Oc4cccc([N+](=O)[O-])c4)cc3C3C(CCCCO)C(CCCCO)C=C(C(=NOCC)CC1N(Cc1ccc(F)cc1)C(=O)Oc1ccc([N+](=O)[O-])cc1)C32. The van der Waals surface area contributed by atoms with Crippen molar-refractivity contribution in [2.75, 3.05) is 26.4 Å². The minimum atomic E-state index is -1.69. The van der Waals surface area contributed by atoms with Crippen LogP contribution in [0.5, 0.6) is 23.0 Å². The Morgan fingerprint density at radius 1 is 0.924 bits per heavy atom. The highest BCUT2D eigenvalue weighted by molar-refractivity contribution is 6.03. The highest BCUT2D eigenvalue weighted by atomic mass is 19.1. The van der Waals surface area contributed by atoms with Gasteiger partial charge in [-0.05, 0) is 104 Å². The summed E-state index contributed by atoms with van der Waals surface area (Å²) >= 11 is 0. The minimum Gasteiger partial charge on any atom is -0.459 e. The molecule has 1 saturated carbocycles. The molecule has 2 N–H and O–H groups in total. The number of nitrogens with zero attached hydrogens (tertiary/aromatic N) is 4. The molecule has 0 bridgehead atoms. The molecule has 3 aliphatic rings. The number of aliphatic hydroxyl groups is 2. The average Bonchev–Trinajstić information content (AvgIpc) is 3.31. The van der Waals surface area contributed by atoms with Crippen molar-refractivity contribution in [3.63, 3.8) is 0 Å². The molecule has 0 saturated heterocycles. The van der Waals surface area contributed by atoms with Crippen molar-refractivity contribution in [3.05, 3.63) is 152 Å². The number of fused-ring (bicyclic) bond motifs is 2. The number of carbonyl (C=O) groups excluding carboxylic acids is 1. The van der Waals surface area contributed by atoms with Gasteiger partial charge in [-0.15, -0.1) is 6.58 Å². The molecule has 4 aromatic rings. The van der Waals surface area contributed by atoms with E-state index in [4.69, 9.17) is 28.9 Å². The third-order valence-corrected chi connectivity index (χ3v) is 12.3. The fourth-order valence-corrected chi connectivity index (χ4v) is 9.53. The summed E-state index contributed by atoms with van der Waals surface area (Å²) in [6.07, 6.45) is 6.85. The van der Waals surface area contributed by atoms with Crippen molar-refractivity contribution in [1.82, 2.24) is 4.90 Å². The van der Waals surface area contributed by atoms with E-state index >= 15 is 0 Å². The number of carbonyl (C=O) groups is 1. The van der Waals surface area contributed by atoms with Crippen molar-refractivity contribution < 1.29 is 53.0 Å². The number of benzene rings is 4. The zero-order valence-corrected chi connectivity index (χ0v) is 36.5. The number of non-ortho nitro benzene ring substituents is 2. The number of allylic oxidation sites excluding steroid dienone is 1. The quantitative estimate of drug-likeness (QED) is 0.0347. The normalized spacial score (nSPS) is 22.2. The Labute approximate surface area is 381 Å². The molecule has 6 atom stereocenters. The number of rotatable bonds is 21. The second-order valence-corrected chi connectivity index (χ2v) is 16.4. The van der Waals surface area contributed by atoms with Gasteiger partial charge >= 0.3 is 6.09 Å². The minimum absolute atomic E-state index is 0.00712. The summed E-state index contributed by atoms with van der Waals surface area (Å²) in [6.45, 7) is 5.88. The molecule has 1 heterocycles. The maximum Gasteiger partial charge on any atom is 0.416 e. The van der Waals surface area contributed by atoms with Gasteiger partial charge in [-0.3, -0.25) is 25.1 Å². The van der Waals surface area contributed by atoms with Gasteiger partial charge in [0.25, 0.3) is 11.4 Å². The van der Waals surface area contributed by atoms with E-state index in [0.29, 0.717) is 54.9 Å². The molecule has 4 aromatic carbocycles. The van der Waals surface area contributed by atoms with Crippen LogP contribution in [0, 0.1) is 43.8 Å². The Hall–Kier alpha value is -6.69. The third-order valence-electron chi connectivity index (χ3n) is 12.3. The Morgan fingerprint density at radius 2 is 1.62 bits per heavy atom.